The van der Waals surface area contributed by atoms with Crippen molar-refractivity contribution in [2.45, 2.75) is 45.6 Å². The Morgan fingerprint density at radius 3 is 2.86 bits per heavy atom. The monoisotopic (exact) mass is 286 g/mol. The van der Waals surface area contributed by atoms with E-state index in [-0.39, 0.29) is 18.6 Å². The van der Waals surface area contributed by atoms with Gasteiger partial charge < -0.3 is 10.4 Å². The van der Waals surface area contributed by atoms with Crippen molar-refractivity contribution in [2.24, 2.45) is 5.41 Å². The molecule has 2 rings (SSSR count). The van der Waals surface area contributed by atoms with Crippen molar-refractivity contribution in [3.63, 3.8) is 0 Å². The van der Waals surface area contributed by atoms with E-state index < -0.39 is 0 Å². The molecule has 0 radical (unpaired) electrons. The molecule has 0 saturated heterocycles. The predicted molar refractivity (Wildman–Crippen MR) is 81.7 cm³/mol. The second-order valence-corrected chi connectivity index (χ2v) is 6.27. The summed E-state index contributed by atoms with van der Waals surface area (Å²) in [6.45, 7) is 4.31. The zero-order chi connectivity index (χ0) is 15.3. The SMILES string of the molecule is CC1(C)CCC(NC(=O)c2ncccc2C#CCO)CC1. The van der Waals surface area contributed by atoms with Crippen LogP contribution in [0.25, 0.3) is 0 Å². The summed E-state index contributed by atoms with van der Waals surface area (Å²) >= 11 is 0. The number of aliphatic hydroxyl groups excluding tert-OH is 1. The molecule has 0 aromatic carbocycles. The number of nitrogens with zero attached hydrogens (tertiary/aromatic N) is 1. The molecule has 1 saturated carbocycles. The minimum absolute atomic E-state index is 0.178. The number of amides is 1. The topological polar surface area (TPSA) is 62.2 Å². The molecule has 4 nitrogen and oxygen atoms in total. The van der Waals surface area contributed by atoms with Crippen LogP contribution in [0.1, 0.15) is 55.6 Å². The fraction of sp³-hybridized carbons (Fsp3) is 0.529. The molecular formula is C17H22N2O2. The van der Waals surface area contributed by atoms with Crippen molar-refractivity contribution in [3.05, 3.63) is 29.6 Å². The lowest BCUT2D eigenvalue weighted by atomic mass is 9.75. The molecule has 1 heterocycles. The number of carbonyl (C=O) groups excluding carboxylic acids is 1. The van der Waals surface area contributed by atoms with Gasteiger partial charge in [0.2, 0.25) is 0 Å². The van der Waals surface area contributed by atoms with Gasteiger partial charge in [0, 0.05) is 12.2 Å². The molecule has 0 spiro atoms. The van der Waals surface area contributed by atoms with Gasteiger partial charge in [0.25, 0.3) is 5.91 Å². The number of hydrogen-bond donors (Lipinski definition) is 2. The van der Waals surface area contributed by atoms with E-state index in [9.17, 15) is 4.79 Å². The van der Waals surface area contributed by atoms with Crippen LogP contribution < -0.4 is 5.32 Å². The summed E-state index contributed by atoms with van der Waals surface area (Å²) in [5, 5.41) is 11.8. The van der Waals surface area contributed by atoms with Gasteiger partial charge in [0.05, 0.1) is 5.56 Å². The van der Waals surface area contributed by atoms with E-state index in [0.717, 1.165) is 25.7 Å². The molecule has 21 heavy (non-hydrogen) atoms. The molecule has 1 aromatic heterocycles. The molecule has 1 amide bonds. The largest absolute Gasteiger partial charge is 0.384 e. The van der Waals surface area contributed by atoms with E-state index in [1.54, 1.807) is 18.3 Å². The maximum atomic E-state index is 12.4. The van der Waals surface area contributed by atoms with Gasteiger partial charge in [-0.2, -0.15) is 0 Å². The average Bonchev–Trinajstić information content (AvgIpc) is 2.47. The summed E-state index contributed by atoms with van der Waals surface area (Å²) in [4.78, 5) is 16.5. The summed E-state index contributed by atoms with van der Waals surface area (Å²) in [5.41, 5.74) is 1.27. The van der Waals surface area contributed by atoms with Crippen LogP contribution in [0.5, 0.6) is 0 Å². The second kappa shape index (κ2) is 6.73. The quantitative estimate of drug-likeness (QED) is 0.819. The molecule has 0 unspecified atom stereocenters. The minimum Gasteiger partial charge on any atom is -0.384 e. The Kier molecular flexibility index (Phi) is 4.98. The number of aliphatic hydroxyl groups is 1. The van der Waals surface area contributed by atoms with Crippen LogP contribution in [0, 0.1) is 17.3 Å². The summed E-state index contributed by atoms with van der Waals surface area (Å²) in [5.74, 6) is 5.15. The summed E-state index contributed by atoms with van der Waals surface area (Å²) in [6, 6.07) is 3.70. The van der Waals surface area contributed by atoms with Gasteiger partial charge in [-0.3, -0.25) is 4.79 Å². The number of aromatic nitrogens is 1. The predicted octanol–water partition coefficient (Wildman–Crippen LogP) is 2.12. The molecule has 112 valence electrons. The van der Waals surface area contributed by atoms with Gasteiger partial charge in [-0.1, -0.05) is 25.7 Å². The van der Waals surface area contributed by atoms with Gasteiger partial charge >= 0.3 is 0 Å². The van der Waals surface area contributed by atoms with E-state index in [0.29, 0.717) is 16.7 Å². The minimum atomic E-state index is -0.229. The van der Waals surface area contributed by atoms with Crippen molar-refractivity contribution in [2.75, 3.05) is 6.61 Å². The zero-order valence-electron chi connectivity index (χ0n) is 12.6. The average molecular weight is 286 g/mol. The normalized spacial score (nSPS) is 17.7. The number of carbonyl (C=O) groups is 1. The Bertz CT molecular complexity index is 560. The standard InChI is InChI=1S/C17H22N2O2/c1-17(2)9-7-14(8-10-17)19-16(21)15-13(6-4-12-20)5-3-11-18-15/h3,5,11,14,20H,7-10,12H2,1-2H3,(H,19,21). The molecule has 1 aromatic rings. The Morgan fingerprint density at radius 2 is 2.19 bits per heavy atom. The van der Waals surface area contributed by atoms with E-state index >= 15 is 0 Å². The highest BCUT2D eigenvalue weighted by atomic mass is 16.2. The first-order valence-corrected chi connectivity index (χ1v) is 7.37. The molecule has 0 atom stereocenters. The van der Waals surface area contributed by atoms with E-state index in [1.807, 2.05) is 0 Å². The van der Waals surface area contributed by atoms with E-state index in [2.05, 4.69) is 36.0 Å². The Morgan fingerprint density at radius 1 is 1.48 bits per heavy atom. The number of pyridine rings is 1. The summed E-state index contributed by atoms with van der Waals surface area (Å²) in [7, 11) is 0. The van der Waals surface area contributed by atoms with Crippen LogP contribution in [-0.2, 0) is 0 Å². The molecule has 4 heteroatoms. The van der Waals surface area contributed by atoms with E-state index in [1.165, 1.54) is 0 Å². The first kappa shape index (κ1) is 15.5. The van der Waals surface area contributed by atoms with Crippen molar-refractivity contribution >= 4 is 5.91 Å². The lowest BCUT2D eigenvalue weighted by Crippen LogP contribution is -2.39. The maximum absolute atomic E-state index is 12.4. The van der Waals surface area contributed by atoms with Gasteiger partial charge in [-0.15, -0.1) is 0 Å². The first-order chi connectivity index (χ1) is 10.0. The smallest absolute Gasteiger partial charge is 0.271 e. The molecular weight excluding hydrogens is 264 g/mol. The summed E-state index contributed by atoms with van der Waals surface area (Å²) in [6.07, 6.45) is 5.84. The number of nitrogens with one attached hydrogen (secondary N) is 1. The molecule has 0 bridgehead atoms. The Labute approximate surface area is 126 Å². The number of hydrogen-bond acceptors (Lipinski definition) is 3. The maximum Gasteiger partial charge on any atom is 0.271 e. The lowest BCUT2D eigenvalue weighted by molar-refractivity contribution is 0.0903. The summed E-state index contributed by atoms with van der Waals surface area (Å²) < 4.78 is 0. The third-order valence-corrected chi connectivity index (χ3v) is 4.00. The zero-order valence-corrected chi connectivity index (χ0v) is 12.6. The van der Waals surface area contributed by atoms with Crippen LogP contribution in [0.15, 0.2) is 18.3 Å². The van der Waals surface area contributed by atoms with Gasteiger partial charge in [-0.05, 0) is 43.2 Å². The molecule has 1 aliphatic carbocycles. The molecule has 1 aliphatic rings. The third-order valence-electron chi connectivity index (χ3n) is 4.00. The van der Waals surface area contributed by atoms with Crippen LogP contribution in [0.4, 0.5) is 0 Å². The van der Waals surface area contributed by atoms with Crippen LogP contribution in [0.2, 0.25) is 0 Å². The number of rotatable bonds is 2. The van der Waals surface area contributed by atoms with Crippen LogP contribution in [0.3, 0.4) is 0 Å². The van der Waals surface area contributed by atoms with Gasteiger partial charge in [0.1, 0.15) is 12.3 Å². The Hall–Kier alpha value is -1.86. The van der Waals surface area contributed by atoms with Crippen molar-refractivity contribution in [3.8, 4) is 11.8 Å². The van der Waals surface area contributed by atoms with Crippen molar-refractivity contribution in [1.82, 2.24) is 10.3 Å². The van der Waals surface area contributed by atoms with Gasteiger partial charge in [0.15, 0.2) is 0 Å². The van der Waals surface area contributed by atoms with Crippen LogP contribution >= 0.6 is 0 Å². The molecule has 2 N–H and O–H groups in total. The Balaban J connectivity index is 2.04. The van der Waals surface area contributed by atoms with Crippen LogP contribution in [-0.4, -0.2) is 28.6 Å². The van der Waals surface area contributed by atoms with Crippen molar-refractivity contribution < 1.29 is 9.90 Å². The molecule has 0 aliphatic heterocycles. The highest BCUT2D eigenvalue weighted by molar-refractivity contribution is 5.94. The molecule has 1 fully saturated rings. The van der Waals surface area contributed by atoms with E-state index in [4.69, 9.17) is 5.11 Å². The highest BCUT2D eigenvalue weighted by Gasteiger charge is 2.28. The first-order valence-electron chi connectivity index (χ1n) is 7.37. The second-order valence-electron chi connectivity index (χ2n) is 6.27. The third kappa shape index (κ3) is 4.30. The van der Waals surface area contributed by atoms with Crippen molar-refractivity contribution in [1.29, 1.82) is 0 Å². The lowest BCUT2D eigenvalue weighted by Gasteiger charge is -2.34. The highest BCUT2D eigenvalue weighted by Crippen LogP contribution is 2.35. The fourth-order valence-corrected chi connectivity index (χ4v) is 2.62. The van der Waals surface area contributed by atoms with Gasteiger partial charge in [-0.25, -0.2) is 4.98 Å². The fourth-order valence-electron chi connectivity index (χ4n) is 2.62.